The summed E-state index contributed by atoms with van der Waals surface area (Å²) in [5.74, 6) is -0.925. The first kappa shape index (κ1) is 19.3. The van der Waals surface area contributed by atoms with E-state index < -0.39 is 11.9 Å². The smallest absolute Gasteiger partial charge is 0.316 e. The summed E-state index contributed by atoms with van der Waals surface area (Å²) in [7, 11) is 0. The van der Waals surface area contributed by atoms with Gasteiger partial charge in [-0.15, -0.1) is 0 Å². The van der Waals surface area contributed by atoms with Crippen LogP contribution < -0.4 is 5.32 Å². The number of nitrogens with one attached hydrogen (secondary N) is 1. The second-order valence-corrected chi connectivity index (χ2v) is 7.04. The third-order valence-corrected chi connectivity index (χ3v) is 4.85. The number of aromatic nitrogens is 1. The molecule has 2 aromatic carbocycles. The van der Waals surface area contributed by atoms with Gasteiger partial charge in [0.1, 0.15) is 11.3 Å². The average molecular weight is 405 g/mol. The lowest BCUT2D eigenvalue weighted by Crippen LogP contribution is -2.31. The van der Waals surface area contributed by atoms with Gasteiger partial charge >= 0.3 is 5.97 Å². The van der Waals surface area contributed by atoms with Crippen molar-refractivity contribution >= 4 is 46.3 Å². The van der Waals surface area contributed by atoms with Crippen molar-refractivity contribution in [3.05, 3.63) is 59.1 Å². The SMILES string of the molecule is C[C@H](NC(=O)COC(=O)CSc1nc2ccccc2o1)c1ccccc1Cl. The van der Waals surface area contributed by atoms with E-state index in [0.717, 1.165) is 22.8 Å². The molecule has 27 heavy (non-hydrogen) atoms. The number of esters is 1. The molecule has 0 saturated carbocycles. The summed E-state index contributed by atoms with van der Waals surface area (Å²) in [6.45, 7) is 1.45. The lowest BCUT2D eigenvalue weighted by molar-refractivity contribution is -0.146. The fraction of sp³-hybridized carbons (Fsp3) is 0.211. The van der Waals surface area contributed by atoms with Crippen molar-refractivity contribution in [2.24, 2.45) is 0 Å². The first-order chi connectivity index (χ1) is 13.0. The Morgan fingerprint density at radius 2 is 1.96 bits per heavy atom. The number of para-hydroxylation sites is 2. The minimum absolute atomic E-state index is 0.000168. The number of ether oxygens (including phenoxy) is 1. The van der Waals surface area contributed by atoms with E-state index in [4.69, 9.17) is 20.8 Å². The van der Waals surface area contributed by atoms with Crippen LogP contribution in [0.5, 0.6) is 0 Å². The van der Waals surface area contributed by atoms with Crippen LogP contribution in [0, 0.1) is 0 Å². The summed E-state index contributed by atoms with van der Waals surface area (Å²) in [4.78, 5) is 28.1. The molecule has 1 atom stereocenters. The molecule has 0 saturated heterocycles. The largest absolute Gasteiger partial charge is 0.455 e. The third kappa shape index (κ3) is 5.24. The van der Waals surface area contributed by atoms with Gasteiger partial charge in [0.15, 0.2) is 12.2 Å². The highest BCUT2D eigenvalue weighted by atomic mass is 35.5. The Balaban J connectivity index is 1.43. The summed E-state index contributed by atoms with van der Waals surface area (Å²) in [5, 5.41) is 3.69. The fourth-order valence-electron chi connectivity index (χ4n) is 2.41. The minimum Gasteiger partial charge on any atom is -0.455 e. The highest BCUT2D eigenvalue weighted by Crippen LogP contribution is 2.23. The number of oxazole rings is 1. The van der Waals surface area contributed by atoms with E-state index in [1.807, 2.05) is 43.3 Å². The van der Waals surface area contributed by atoms with E-state index in [-0.39, 0.29) is 18.4 Å². The number of benzene rings is 2. The first-order valence-electron chi connectivity index (χ1n) is 8.20. The summed E-state index contributed by atoms with van der Waals surface area (Å²) in [5.41, 5.74) is 2.17. The molecule has 3 rings (SSSR count). The number of hydrogen-bond donors (Lipinski definition) is 1. The molecule has 0 aliphatic carbocycles. The van der Waals surface area contributed by atoms with Gasteiger partial charge in [-0.25, -0.2) is 4.98 Å². The van der Waals surface area contributed by atoms with E-state index in [9.17, 15) is 9.59 Å². The van der Waals surface area contributed by atoms with Crippen LogP contribution >= 0.6 is 23.4 Å². The highest BCUT2D eigenvalue weighted by molar-refractivity contribution is 7.99. The van der Waals surface area contributed by atoms with Gasteiger partial charge in [-0.05, 0) is 30.7 Å². The molecule has 140 valence electrons. The van der Waals surface area contributed by atoms with Crippen LogP contribution in [0.1, 0.15) is 18.5 Å². The number of nitrogens with zero attached hydrogens (tertiary/aromatic N) is 1. The molecule has 0 aliphatic rings. The van der Waals surface area contributed by atoms with Gasteiger partial charge in [-0.2, -0.15) is 0 Å². The number of hydrogen-bond acceptors (Lipinski definition) is 6. The number of halogens is 1. The van der Waals surface area contributed by atoms with Crippen molar-refractivity contribution in [1.82, 2.24) is 10.3 Å². The third-order valence-electron chi connectivity index (χ3n) is 3.70. The molecule has 1 heterocycles. The van der Waals surface area contributed by atoms with Crippen LogP contribution in [0.2, 0.25) is 5.02 Å². The van der Waals surface area contributed by atoms with Gasteiger partial charge in [-0.3, -0.25) is 9.59 Å². The molecule has 0 radical (unpaired) electrons. The molecule has 0 unspecified atom stereocenters. The Hall–Kier alpha value is -2.51. The number of carbonyl (C=O) groups is 2. The zero-order valence-corrected chi connectivity index (χ0v) is 16.0. The molecule has 1 N–H and O–H groups in total. The average Bonchev–Trinajstić information content (AvgIpc) is 3.08. The lowest BCUT2D eigenvalue weighted by Gasteiger charge is -2.15. The molecule has 6 nitrogen and oxygen atoms in total. The van der Waals surface area contributed by atoms with Crippen LogP contribution in [-0.2, 0) is 14.3 Å². The summed E-state index contributed by atoms with van der Waals surface area (Å²) < 4.78 is 10.5. The highest BCUT2D eigenvalue weighted by Gasteiger charge is 2.15. The second-order valence-electron chi connectivity index (χ2n) is 5.71. The molecule has 0 fully saturated rings. The normalized spacial score (nSPS) is 11.9. The Morgan fingerprint density at radius 1 is 1.22 bits per heavy atom. The molecule has 0 aliphatic heterocycles. The Kier molecular flexibility index (Phi) is 6.36. The van der Waals surface area contributed by atoms with E-state index in [1.165, 1.54) is 0 Å². The number of amides is 1. The van der Waals surface area contributed by atoms with Gasteiger partial charge < -0.3 is 14.5 Å². The molecular weight excluding hydrogens is 388 g/mol. The van der Waals surface area contributed by atoms with Gasteiger partial charge in [0, 0.05) is 5.02 Å². The van der Waals surface area contributed by atoms with Crippen LogP contribution in [0.3, 0.4) is 0 Å². The zero-order valence-electron chi connectivity index (χ0n) is 14.5. The standard InChI is InChI=1S/C19H17ClN2O4S/c1-12(13-6-2-3-7-14(13)20)21-17(23)10-25-18(24)11-27-19-22-15-8-4-5-9-16(15)26-19/h2-9,12H,10-11H2,1H3,(H,21,23)/t12-/m0/s1. The Labute approximate surface area is 165 Å². The van der Waals surface area contributed by atoms with E-state index in [0.29, 0.717) is 15.8 Å². The summed E-state index contributed by atoms with van der Waals surface area (Å²) >= 11 is 7.22. The van der Waals surface area contributed by atoms with Gasteiger partial charge in [0.25, 0.3) is 11.1 Å². The van der Waals surface area contributed by atoms with Crippen molar-refractivity contribution < 1.29 is 18.7 Å². The first-order valence-corrected chi connectivity index (χ1v) is 9.57. The van der Waals surface area contributed by atoms with Crippen molar-refractivity contribution in [3.63, 3.8) is 0 Å². The number of rotatable bonds is 7. The Morgan fingerprint density at radius 3 is 2.74 bits per heavy atom. The molecule has 0 spiro atoms. The number of carbonyl (C=O) groups excluding carboxylic acids is 2. The van der Waals surface area contributed by atoms with Crippen LogP contribution in [0.15, 0.2) is 58.2 Å². The van der Waals surface area contributed by atoms with Crippen molar-refractivity contribution in [2.75, 3.05) is 12.4 Å². The zero-order chi connectivity index (χ0) is 19.2. The maximum atomic E-state index is 12.0. The Bertz CT molecular complexity index is 927. The molecule has 1 amide bonds. The summed E-state index contributed by atoms with van der Waals surface area (Å²) in [6, 6.07) is 14.3. The maximum absolute atomic E-state index is 12.0. The van der Waals surface area contributed by atoms with Crippen LogP contribution in [0.25, 0.3) is 11.1 Å². The van der Waals surface area contributed by atoms with E-state index in [1.54, 1.807) is 12.1 Å². The van der Waals surface area contributed by atoms with Gasteiger partial charge in [0.05, 0.1) is 6.04 Å². The predicted octanol–water partition coefficient (Wildman–Crippen LogP) is 3.99. The monoisotopic (exact) mass is 404 g/mol. The van der Waals surface area contributed by atoms with Crippen molar-refractivity contribution in [1.29, 1.82) is 0 Å². The quantitative estimate of drug-likeness (QED) is 0.473. The molecule has 3 aromatic rings. The second kappa shape index (κ2) is 8.92. The topological polar surface area (TPSA) is 81.4 Å². The van der Waals surface area contributed by atoms with Crippen molar-refractivity contribution in [2.45, 2.75) is 18.2 Å². The molecule has 1 aromatic heterocycles. The van der Waals surface area contributed by atoms with E-state index >= 15 is 0 Å². The number of thioether (sulfide) groups is 1. The minimum atomic E-state index is -0.525. The van der Waals surface area contributed by atoms with Crippen LogP contribution in [0.4, 0.5) is 0 Å². The summed E-state index contributed by atoms with van der Waals surface area (Å²) in [6.07, 6.45) is 0. The predicted molar refractivity (Wildman–Crippen MR) is 104 cm³/mol. The fourth-order valence-corrected chi connectivity index (χ4v) is 3.34. The molecule has 8 heteroatoms. The lowest BCUT2D eigenvalue weighted by atomic mass is 10.1. The van der Waals surface area contributed by atoms with Crippen LogP contribution in [-0.4, -0.2) is 29.2 Å². The van der Waals surface area contributed by atoms with Crippen molar-refractivity contribution in [3.8, 4) is 0 Å². The molecular formula is C19H17ClN2O4S. The van der Waals surface area contributed by atoms with Gasteiger partial charge in [-0.1, -0.05) is 53.7 Å². The number of fused-ring (bicyclic) bond motifs is 1. The molecule has 0 bridgehead atoms. The van der Waals surface area contributed by atoms with Gasteiger partial charge in [0.2, 0.25) is 0 Å². The van der Waals surface area contributed by atoms with E-state index in [2.05, 4.69) is 10.3 Å². The maximum Gasteiger partial charge on any atom is 0.316 e.